The number of hydrogen-bond donors (Lipinski definition) is 4. The number of nitrogens with zero attached hydrogens (tertiary/aromatic N) is 9. The van der Waals surface area contributed by atoms with Crippen LogP contribution in [0.15, 0.2) is 60.9 Å². The molecule has 4 heterocycles. The number of hydrogen-bond acceptors (Lipinski definition) is 20. The molecule has 2 fully saturated rings. The number of benzene rings is 2. The predicted octanol–water partition coefficient (Wildman–Crippen LogP) is 10.2. The van der Waals surface area contributed by atoms with E-state index in [1.807, 2.05) is 82.5 Å². The van der Waals surface area contributed by atoms with Gasteiger partial charge in [-0.2, -0.15) is 9.97 Å². The Hall–Kier alpha value is -7.53. The van der Waals surface area contributed by atoms with Gasteiger partial charge >= 0.3 is 24.1 Å². The summed E-state index contributed by atoms with van der Waals surface area (Å²) in [7, 11) is 0. The Morgan fingerprint density at radius 1 is 0.570 bits per heavy atom. The number of carbonyl (C=O) groups excluding carboxylic acids is 6. The molecule has 0 saturated carbocycles. The number of amides is 3. The van der Waals surface area contributed by atoms with E-state index in [0.29, 0.717) is 79.0 Å². The van der Waals surface area contributed by atoms with Crippen LogP contribution in [0.4, 0.5) is 44.5 Å². The van der Waals surface area contributed by atoms with E-state index < -0.39 is 35.2 Å². The molecule has 23 nitrogen and oxygen atoms in total. The van der Waals surface area contributed by atoms with Gasteiger partial charge in [0.25, 0.3) is 0 Å². The smallest absolute Gasteiger partial charge is 0.415 e. The number of likely N-dealkylation sites (tertiary alicyclic amines) is 2. The Balaban J connectivity index is 0.000000384. The summed E-state index contributed by atoms with van der Waals surface area (Å²) in [6.45, 7) is 37.5. The van der Waals surface area contributed by atoms with Crippen LogP contribution in [0.2, 0.25) is 0 Å². The van der Waals surface area contributed by atoms with Gasteiger partial charge in [0.05, 0.1) is 18.1 Å². The first-order chi connectivity index (χ1) is 40.7. The summed E-state index contributed by atoms with van der Waals surface area (Å²) < 4.78 is 22.3. The molecule has 24 heteroatoms. The van der Waals surface area contributed by atoms with Gasteiger partial charge in [-0.15, -0.1) is 0 Å². The topological polar surface area (TPSA) is 269 Å². The van der Waals surface area contributed by atoms with Crippen LogP contribution in [0.3, 0.4) is 0 Å². The van der Waals surface area contributed by atoms with E-state index in [2.05, 4.69) is 73.2 Å². The fourth-order valence-corrected chi connectivity index (χ4v) is 8.70. The Bertz CT molecular complexity index is 2730. The molecule has 2 aromatic carbocycles. The highest BCUT2D eigenvalue weighted by molar-refractivity contribution is 6.62. The van der Waals surface area contributed by atoms with Crippen LogP contribution in [-0.2, 0) is 41.5 Å². The maximum Gasteiger partial charge on any atom is 0.415 e. The highest BCUT2D eigenvalue weighted by Gasteiger charge is 2.30. The molecule has 6 rings (SSSR count). The molecule has 0 bridgehead atoms. The summed E-state index contributed by atoms with van der Waals surface area (Å²) in [4.78, 5) is 99.7. The van der Waals surface area contributed by atoms with Gasteiger partial charge in [-0.3, -0.25) is 9.59 Å². The zero-order valence-electron chi connectivity index (χ0n) is 53.5. The van der Waals surface area contributed by atoms with Gasteiger partial charge in [-0.05, 0) is 162 Å². The van der Waals surface area contributed by atoms with E-state index in [-0.39, 0.29) is 29.8 Å². The first-order valence-electron chi connectivity index (χ1n) is 29.9. The number of rotatable bonds is 22. The number of aromatic nitrogens is 4. The van der Waals surface area contributed by atoms with Gasteiger partial charge in [0, 0.05) is 79.0 Å². The lowest BCUT2D eigenvalue weighted by Crippen LogP contribution is -2.38. The van der Waals surface area contributed by atoms with E-state index in [9.17, 15) is 28.8 Å². The van der Waals surface area contributed by atoms with Crippen LogP contribution in [-0.4, -0.2) is 165 Å². The Morgan fingerprint density at radius 3 is 1.24 bits per heavy atom. The first-order valence-corrected chi connectivity index (χ1v) is 30.3. The molecule has 0 aliphatic carbocycles. The molecule has 2 aliphatic heterocycles. The molecule has 3 amide bonds. The van der Waals surface area contributed by atoms with Crippen molar-refractivity contribution < 1.29 is 47.7 Å². The van der Waals surface area contributed by atoms with Crippen molar-refractivity contribution >= 4 is 81.8 Å². The lowest BCUT2D eigenvalue weighted by molar-refractivity contribution is -0.156. The normalized spacial score (nSPS) is 13.5. The first kappa shape index (κ1) is 72.7. The van der Waals surface area contributed by atoms with Crippen molar-refractivity contribution in [3.05, 3.63) is 72.1 Å². The summed E-state index contributed by atoms with van der Waals surface area (Å²) in [5, 5.41) is 8.74. The number of ether oxygens (including phenoxy) is 4. The van der Waals surface area contributed by atoms with Gasteiger partial charge in [0.2, 0.25) is 23.0 Å². The number of esters is 2. The summed E-state index contributed by atoms with van der Waals surface area (Å²) in [6.07, 6.45) is 6.93. The molecule has 4 aromatic rings. The molecule has 5 N–H and O–H groups in total. The second kappa shape index (κ2) is 36.5. The van der Waals surface area contributed by atoms with Crippen molar-refractivity contribution in [3.63, 3.8) is 0 Å². The molecule has 2 aliphatic rings. The van der Waals surface area contributed by atoms with Gasteiger partial charge < -0.3 is 65.1 Å². The third kappa shape index (κ3) is 26.4. The fraction of sp³-hybridized carbons (Fsp3) is 0.581. The molecule has 2 aromatic heterocycles. The Kier molecular flexibility index (Phi) is 30.8. The SMILES string of the molecule is CC(=O)Cl.CCN(CC)CC.CCN(CC)c1ncc(N)c(N[C@@H](Cc2ccc(OC(=O)N3CCCC3)cc2)C(=O)OC(C)(C)C)n1.CCN(CC)c1ncc(NC(C)=O)c(N[C@@H](Cc2ccc(OC(=O)N3CCCC3)cc2)C(=O)OC(C)(C)C)n1. The predicted molar refractivity (Wildman–Crippen MR) is 340 cm³/mol. The molecule has 0 unspecified atom stereocenters. The molecule has 0 spiro atoms. The van der Waals surface area contributed by atoms with Gasteiger partial charge in [-0.25, -0.2) is 29.1 Å². The number of carbonyl (C=O) groups is 6. The fourth-order valence-electron chi connectivity index (χ4n) is 8.70. The van der Waals surface area contributed by atoms with Crippen LogP contribution in [0.5, 0.6) is 11.5 Å². The van der Waals surface area contributed by atoms with E-state index in [1.165, 1.54) is 39.7 Å². The van der Waals surface area contributed by atoms with Gasteiger partial charge in [0.1, 0.15) is 40.5 Å². The summed E-state index contributed by atoms with van der Waals surface area (Å²) in [5.74, 6) is 1.41. The quantitative estimate of drug-likeness (QED) is 0.0421. The maximum absolute atomic E-state index is 13.3. The Labute approximate surface area is 514 Å². The molecule has 0 radical (unpaired) electrons. The average Bonchev–Trinajstić information content (AvgIpc) is 2.42. The van der Waals surface area contributed by atoms with Crippen LogP contribution in [0, 0.1) is 0 Å². The maximum atomic E-state index is 13.3. The highest BCUT2D eigenvalue weighted by Crippen LogP contribution is 2.27. The van der Waals surface area contributed by atoms with Crippen molar-refractivity contribution in [1.29, 1.82) is 0 Å². The van der Waals surface area contributed by atoms with Crippen molar-refractivity contribution in [3.8, 4) is 11.5 Å². The zero-order valence-corrected chi connectivity index (χ0v) is 54.3. The molecular formula is C62H96ClN13O10. The average molecular weight is 1220 g/mol. The van der Waals surface area contributed by atoms with Crippen LogP contribution < -0.4 is 41.0 Å². The highest BCUT2D eigenvalue weighted by atomic mass is 35.5. The number of nitrogens with two attached hydrogens (primary N) is 1. The lowest BCUT2D eigenvalue weighted by atomic mass is 10.0. The third-order valence-electron chi connectivity index (χ3n) is 13.2. The van der Waals surface area contributed by atoms with Crippen molar-refractivity contribution in [1.82, 2.24) is 34.6 Å². The van der Waals surface area contributed by atoms with Crippen molar-refractivity contribution in [2.24, 2.45) is 0 Å². The van der Waals surface area contributed by atoms with E-state index >= 15 is 0 Å². The summed E-state index contributed by atoms with van der Waals surface area (Å²) in [6, 6.07) is 12.6. The summed E-state index contributed by atoms with van der Waals surface area (Å²) in [5.41, 5.74) is 7.15. The minimum absolute atomic E-state index is 0.263. The van der Waals surface area contributed by atoms with Gasteiger partial charge in [-0.1, -0.05) is 45.0 Å². The number of anilines is 6. The monoisotopic (exact) mass is 1220 g/mol. The molecule has 2 saturated heterocycles. The van der Waals surface area contributed by atoms with Crippen LogP contribution >= 0.6 is 11.6 Å². The number of halogens is 1. The second-order valence-corrected chi connectivity index (χ2v) is 22.8. The third-order valence-corrected chi connectivity index (χ3v) is 13.2. The second-order valence-electron chi connectivity index (χ2n) is 22.3. The molecule has 86 heavy (non-hydrogen) atoms. The molecule has 476 valence electrons. The van der Waals surface area contributed by atoms with E-state index in [1.54, 1.807) is 61.0 Å². The number of nitrogen functional groups attached to an aromatic ring is 1. The van der Waals surface area contributed by atoms with Crippen molar-refractivity contribution in [2.75, 3.05) is 103 Å². The van der Waals surface area contributed by atoms with E-state index in [4.69, 9.17) is 24.7 Å². The Morgan fingerprint density at radius 2 is 0.919 bits per heavy atom. The lowest BCUT2D eigenvalue weighted by Gasteiger charge is -2.26. The standard InChI is InChI=1S/C28H40N6O5.C26H38N6O4.C6H15N.C2H3ClO/c1-7-33(8-2)26-29-18-23(30-19(3)35)24(32-26)31-22(25(36)39-28(4,5)6)17-20-11-13-21(14-12-20)38-27(37)34-15-9-10-16-34;1-6-31(7-2)24-28-17-20(27)22(30-24)29-21(23(33)36-26(3,4)5)16-18-10-12-19(13-11-18)35-25(34)32-14-8-9-15-32;1-4-7(5-2)6-3;1-2(3)4/h11-14,18,22H,7-10,15-17H2,1-6H3,(H,30,35)(H,29,31,32);10-13,17,21H,6-9,14-16,27H2,1-5H3,(H,28,29,30);4-6H2,1-3H3;1H3/t22-;21-;;/m00../s1. The molecular weight excluding hydrogens is 1120 g/mol. The van der Waals surface area contributed by atoms with Crippen molar-refractivity contribution in [2.45, 2.75) is 166 Å². The van der Waals surface area contributed by atoms with Gasteiger partial charge in [0.15, 0.2) is 11.6 Å². The molecule has 2 atom stereocenters. The largest absolute Gasteiger partial charge is 0.458 e. The van der Waals surface area contributed by atoms with Crippen LogP contribution in [0.25, 0.3) is 0 Å². The van der Waals surface area contributed by atoms with E-state index in [0.717, 1.165) is 63.0 Å². The number of nitrogens with one attached hydrogen (secondary N) is 3. The summed E-state index contributed by atoms with van der Waals surface area (Å²) >= 11 is 4.64. The zero-order chi connectivity index (χ0) is 64.1. The van der Waals surface area contributed by atoms with Crippen LogP contribution in [0.1, 0.15) is 141 Å². The minimum atomic E-state index is -0.825. The minimum Gasteiger partial charge on any atom is -0.458 e.